The molecule has 4 heteroatoms. The van der Waals surface area contributed by atoms with Gasteiger partial charge in [0, 0.05) is 6.61 Å². The maximum atomic E-state index is 10.8. The summed E-state index contributed by atoms with van der Waals surface area (Å²) >= 11 is 0. The van der Waals surface area contributed by atoms with Crippen molar-refractivity contribution >= 4 is 5.97 Å². The minimum atomic E-state index is -0.187. The Balaban J connectivity index is 0.000000356. The average Bonchev–Trinajstić information content (AvgIpc) is 2.40. The van der Waals surface area contributed by atoms with Crippen LogP contribution in [0.1, 0.15) is 32.8 Å². The zero-order chi connectivity index (χ0) is 14.5. The second kappa shape index (κ2) is 11.2. The zero-order valence-electron chi connectivity index (χ0n) is 11.8. The van der Waals surface area contributed by atoms with Gasteiger partial charge in [-0.1, -0.05) is 18.2 Å². The SMILES string of the molecule is CCOCCC(=O)OC(C)C.N#Cc1ccccc1. The summed E-state index contributed by atoms with van der Waals surface area (Å²) in [6.45, 7) is 6.67. The van der Waals surface area contributed by atoms with E-state index in [4.69, 9.17) is 14.7 Å². The molecule has 0 atom stereocenters. The van der Waals surface area contributed by atoms with E-state index in [0.29, 0.717) is 25.2 Å². The van der Waals surface area contributed by atoms with Gasteiger partial charge in [0.1, 0.15) is 0 Å². The maximum Gasteiger partial charge on any atom is 0.308 e. The first-order valence-corrected chi connectivity index (χ1v) is 6.32. The third kappa shape index (κ3) is 11.0. The van der Waals surface area contributed by atoms with Crippen molar-refractivity contribution in [1.29, 1.82) is 5.26 Å². The fourth-order valence-corrected chi connectivity index (χ4v) is 1.13. The molecule has 0 saturated heterocycles. The molecule has 0 N–H and O–H groups in total. The van der Waals surface area contributed by atoms with E-state index in [1.165, 1.54) is 0 Å². The van der Waals surface area contributed by atoms with Gasteiger partial charge in [-0.3, -0.25) is 4.79 Å². The molecule has 0 bridgehead atoms. The minimum Gasteiger partial charge on any atom is -0.463 e. The zero-order valence-corrected chi connectivity index (χ0v) is 11.8. The molecule has 0 aliphatic rings. The number of ether oxygens (including phenoxy) is 2. The lowest BCUT2D eigenvalue weighted by Gasteiger charge is -2.06. The molecule has 104 valence electrons. The molecule has 4 nitrogen and oxygen atoms in total. The molecule has 1 rings (SSSR count). The quantitative estimate of drug-likeness (QED) is 0.605. The van der Waals surface area contributed by atoms with Gasteiger partial charge in [0.05, 0.1) is 30.8 Å². The topological polar surface area (TPSA) is 59.3 Å². The van der Waals surface area contributed by atoms with Gasteiger partial charge in [-0.15, -0.1) is 0 Å². The Morgan fingerprint density at radius 1 is 1.32 bits per heavy atom. The van der Waals surface area contributed by atoms with Crippen LogP contribution in [0, 0.1) is 11.3 Å². The summed E-state index contributed by atoms with van der Waals surface area (Å²) in [5.74, 6) is -0.187. The summed E-state index contributed by atoms with van der Waals surface area (Å²) in [6, 6.07) is 11.2. The number of rotatable bonds is 5. The molecular formula is C15H21NO3. The van der Waals surface area contributed by atoms with E-state index >= 15 is 0 Å². The van der Waals surface area contributed by atoms with Gasteiger partial charge in [-0.25, -0.2) is 0 Å². The van der Waals surface area contributed by atoms with Crippen LogP contribution in [0.25, 0.3) is 0 Å². The molecule has 0 aliphatic carbocycles. The van der Waals surface area contributed by atoms with Crippen molar-refractivity contribution in [2.24, 2.45) is 0 Å². The third-order valence-corrected chi connectivity index (χ3v) is 1.92. The first-order valence-electron chi connectivity index (χ1n) is 6.32. The second-order valence-electron chi connectivity index (χ2n) is 3.96. The van der Waals surface area contributed by atoms with E-state index < -0.39 is 0 Å². The van der Waals surface area contributed by atoms with E-state index in [2.05, 4.69) is 0 Å². The molecule has 0 spiro atoms. The van der Waals surface area contributed by atoms with Crippen LogP contribution in [-0.4, -0.2) is 25.3 Å². The molecule has 0 unspecified atom stereocenters. The summed E-state index contributed by atoms with van der Waals surface area (Å²) in [7, 11) is 0. The molecule has 0 aromatic heterocycles. The van der Waals surface area contributed by atoms with E-state index in [0.717, 1.165) is 0 Å². The first-order chi connectivity index (χ1) is 9.10. The third-order valence-electron chi connectivity index (χ3n) is 1.92. The molecule has 0 saturated carbocycles. The van der Waals surface area contributed by atoms with Crippen LogP contribution in [0.4, 0.5) is 0 Å². The van der Waals surface area contributed by atoms with Crippen LogP contribution in [0.5, 0.6) is 0 Å². The number of nitrogens with zero attached hydrogens (tertiary/aromatic N) is 1. The summed E-state index contributed by atoms with van der Waals surface area (Å²) in [4.78, 5) is 10.8. The Morgan fingerprint density at radius 2 is 1.95 bits per heavy atom. The van der Waals surface area contributed by atoms with Crippen molar-refractivity contribution in [3.8, 4) is 6.07 Å². The van der Waals surface area contributed by atoms with Crippen molar-refractivity contribution in [3.05, 3.63) is 35.9 Å². The molecule has 1 aromatic carbocycles. The molecule has 0 fully saturated rings. The molecule has 0 amide bonds. The van der Waals surface area contributed by atoms with Crippen LogP contribution < -0.4 is 0 Å². The van der Waals surface area contributed by atoms with Gasteiger partial charge in [0.15, 0.2) is 0 Å². The number of esters is 1. The van der Waals surface area contributed by atoms with Gasteiger partial charge in [0.2, 0.25) is 0 Å². The molecule has 19 heavy (non-hydrogen) atoms. The number of benzene rings is 1. The van der Waals surface area contributed by atoms with E-state index in [1.54, 1.807) is 12.1 Å². The van der Waals surface area contributed by atoms with Crippen LogP contribution in [0.3, 0.4) is 0 Å². The smallest absolute Gasteiger partial charge is 0.308 e. The number of hydrogen-bond donors (Lipinski definition) is 0. The Labute approximate surface area is 115 Å². The van der Waals surface area contributed by atoms with Crippen LogP contribution in [-0.2, 0) is 14.3 Å². The van der Waals surface area contributed by atoms with Crippen LogP contribution in [0.15, 0.2) is 30.3 Å². The number of nitriles is 1. The van der Waals surface area contributed by atoms with Gasteiger partial charge in [-0.05, 0) is 32.9 Å². The molecular weight excluding hydrogens is 242 g/mol. The Morgan fingerprint density at radius 3 is 2.37 bits per heavy atom. The Bertz CT molecular complexity index is 382. The fraction of sp³-hybridized carbons (Fsp3) is 0.467. The molecule has 0 radical (unpaired) electrons. The Hall–Kier alpha value is -1.86. The normalized spacial score (nSPS) is 9.21. The highest BCUT2D eigenvalue weighted by Gasteiger charge is 2.03. The van der Waals surface area contributed by atoms with Gasteiger partial charge in [-0.2, -0.15) is 5.26 Å². The maximum absolute atomic E-state index is 10.8. The van der Waals surface area contributed by atoms with Gasteiger partial charge < -0.3 is 9.47 Å². The highest BCUT2D eigenvalue weighted by atomic mass is 16.5. The predicted octanol–water partition coefficient (Wildman–Crippen LogP) is 2.92. The van der Waals surface area contributed by atoms with Gasteiger partial charge >= 0.3 is 5.97 Å². The van der Waals surface area contributed by atoms with E-state index in [1.807, 2.05) is 45.0 Å². The highest BCUT2D eigenvalue weighted by molar-refractivity contribution is 5.69. The standard InChI is InChI=1S/C8H16O3.C7H5N/c1-4-10-6-5-8(9)11-7(2)3;8-6-7-4-2-1-3-5-7/h7H,4-6H2,1-3H3;1-5H. The van der Waals surface area contributed by atoms with Crippen LogP contribution in [0.2, 0.25) is 0 Å². The summed E-state index contributed by atoms with van der Waals surface area (Å²) < 4.78 is 9.86. The molecule has 1 aromatic rings. The fourth-order valence-electron chi connectivity index (χ4n) is 1.13. The summed E-state index contributed by atoms with van der Waals surface area (Å²) in [5.41, 5.74) is 0.715. The van der Waals surface area contributed by atoms with Crippen molar-refractivity contribution < 1.29 is 14.3 Å². The largest absolute Gasteiger partial charge is 0.463 e. The summed E-state index contributed by atoms with van der Waals surface area (Å²) in [6.07, 6.45) is 0.329. The lowest BCUT2D eigenvalue weighted by molar-refractivity contribution is -0.148. The lowest BCUT2D eigenvalue weighted by Crippen LogP contribution is -2.13. The van der Waals surface area contributed by atoms with Gasteiger partial charge in [0.25, 0.3) is 0 Å². The lowest BCUT2D eigenvalue weighted by atomic mass is 10.2. The minimum absolute atomic E-state index is 0.0240. The predicted molar refractivity (Wildman–Crippen MR) is 73.5 cm³/mol. The number of carbonyl (C=O) groups is 1. The summed E-state index contributed by atoms with van der Waals surface area (Å²) in [5, 5.41) is 8.29. The van der Waals surface area contributed by atoms with Crippen molar-refractivity contribution in [1.82, 2.24) is 0 Å². The number of hydrogen-bond acceptors (Lipinski definition) is 4. The highest BCUT2D eigenvalue weighted by Crippen LogP contribution is 1.93. The number of carbonyl (C=O) groups excluding carboxylic acids is 1. The monoisotopic (exact) mass is 263 g/mol. The molecule has 0 aliphatic heterocycles. The second-order valence-corrected chi connectivity index (χ2v) is 3.96. The average molecular weight is 263 g/mol. The Kier molecular flexibility index (Phi) is 10.1. The van der Waals surface area contributed by atoms with Crippen molar-refractivity contribution in [3.63, 3.8) is 0 Å². The first kappa shape index (κ1) is 17.1. The van der Waals surface area contributed by atoms with E-state index in [-0.39, 0.29) is 12.1 Å². The molecule has 0 heterocycles. The van der Waals surface area contributed by atoms with Crippen molar-refractivity contribution in [2.75, 3.05) is 13.2 Å². The van der Waals surface area contributed by atoms with E-state index in [9.17, 15) is 4.79 Å². The van der Waals surface area contributed by atoms with Crippen molar-refractivity contribution in [2.45, 2.75) is 33.3 Å². The van der Waals surface area contributed by atoms with Crippen LogP contribution >= 0.6 is 0 Å².